The van der Waals surface area contributed by atoms with Crippen LogP contribution < -0.4 is 10.1 Å². The van der Waals surface area contributed by atoms with E-state index in [0.717, 1.165) is 16.9 Å². The molecule has 128 valence electrons. The summed E-state index contributed by atoms with van der Waals surface area (Å²) in [5.41, 5.74) is 2.57. The molecule has 2 aromatic rings. The van der Waals surface area contributed by atoms with E-state index in [1.54, 1.807) is 0 Å². The highest BCUT2D eigenvalue weighted by Gasteiger charge is 2.03. The number of allylic oxidation sites excluding steroid dienone is 1. The van der Waals surface area contributed by atoms with Crippen molar-refractivity contribution < 1.29 is 14.3 Å². The molecule has 0 aliphatic rings. The predicted octanol–water partition coefficient (Wildman–Crippen LogP) is 2.98. The molecule has 1 N–H and O–H groups in total. The van der Waals surface area contributed by atoms with Gasteiger partial charge in [-0.15, -0.1) is 0 Å². The maximum absolute atomic E-state index is 11.1. The number of carbonyl (C=O) groups is 1. The maximum Gasteiger partial charge on any atom is 0.325 e. The van der Waals surface area contributed by atoms with Gasteiger partial charge in [-0.3, -0.25) is 4.79 Å². The Hall–Kier alpha value is -3.26. The minimum Gasteiger partial charge on any atom is -0.489 e. The number of rotatable bonds is 8. The number of hydrogen-bond acceptors (Lipinski definition) is 5. The first kappa shape index (κ1) is 18.1. The Bertz CT molecular complexity index is 764. The summed E-state index contributed by atoms with van der Waals surface area (Å²) >= 11 is 0. The Morgan fingerprint density at radius 2 is 1.92 bits per heavy atom. The van der Waals surface area contributed by atoms with Crippen molar-refractivity contribution in [2.24, 2.45) is 0 Å². The second-order valence-electron chi connectivity index (χ2n) is 5.34. The SMILES string of the molecule is COC(=O)CN/C=C(\C#N)Cc1cccc(OCc2ccccc2)c1. The molecule has 25 heavy (non-hydrogen) atoms. The van der Waals surface area contributed by atoms with Crippen LogP contribution in [0.4, 0.5) is 0 Å². The highest BCUT2D eigenvalue weighted by atomic mass is 16.5. The third-order valence-corrected chi connectivity index (χ3v) is 3.44. The molecule has 0 aliphatic heterocycles. The topological polar surface area (TPSA) is 71.3 Å². The molecule has 0 saturated carbocycles. The number of carbonyl (C=O) groups excluding carboxylic acids is 1. The van der Waals surface area contributed by atoms with Crippen molar-refractivity contribution in [2.75, 3.05) is 13.7 Å². The lowest BCUT2D eigenvalue weighted by molar-refractivity contribution is -0.139. The van der Waals surface area contributed by atoms with E-state index in [2.05, 4.69) is 16.1 Å². The summed E-state index contributed by atoms with van der Waals surface area (Å²) in [5, 5.41) is 12.0. The molecule has 5 nitrogen and oxygen atoms in total. The third kappa shape index (κ3) is 6.40. The van der Waals surface area contributed by atoms with Crippen LogP contribution in [0.2, 0.25) is 0 Å². The van der Waals surface area contributed by atoms with Crippen LogP contribution in [0.1, 0.15) is 11.1 Å². The van der Waals surface area contributed by atoms with Gasteiger partial charge < -0.3 is 14.8 Å². The number of nitrogens with one attached hydrogen (secondary N) is 1. The molecule has 5 heteroatoms. The lowest BCUT2D eigenvalue weighted by Crippen LogP contribution is -2.19. The van der Waals surface area contributed by atoms with Gasteiger partial charge in [0.15, 0.2) is 0 Å². The van der Waals surface area contributed by atoms with Crippen molar-refractivity contribution in [3.05, 3.63) is 77.5 Å². The summed E-state index contributed by atoms with van der Waals surface area (Å²) in [6, 6.07) is 19.7. The predicted molar refractivity (Wildman–Crippen MR) is 94.6 cm³/mol. The number of nitrogens with zero attached hydrogens (tertiary/aromatic N) is 1. The summed E-state index contributed by atoms with van der Waals surface area (Å²) < 4.78 is 10.3. The number of esters is 1. The first-order valence-electron chi connectivity index (χ1n) is 7.86. The summed E-state index contributed by atoms with van der Waals surface area (Å²) in [4.78, 5) is 11.1. The number of hydrogen-bond donors (Lipinski definition) is 1. The number of ether oxygens (including phenoxy) is 2. The van der Waals surface area contributed by atoms with Crippen molar-refractivity contribution in [1.82, 2.24) is 5.32 Å². The maximum atomic E-state index is 11.1. The van der Waals surface area contributed by atoms with Crippen LogP contribution in [0.3, 0.4) is 0 Å². The molecule has 2 rings (SSSR count). The van der Waals surface area contributed by atoms with Gasteiger partial charge in [-0.2, -0.15) is 5.26 Å². The fourth-order valence-electron chi connectivity index (χ4n) is 2.16. The van der Waals surface area contributed by atoms with Gasteiger partial charge in [0.1, 0.15) is 18.9 Å². The Kier molecular flexibility index (Phi) is 7.08. The number of methoxy groups -OCH3 is 1. The molecule has 0 aliphatic carbocycles. The van der Waals surface area contributed by atoms with Gasteiger partial charge in [-0.05, 0) is 23.3 Å². The van der Waals surface area contributed by atoms with E-state index in [0.29, 0.717) is 18.6 Å². The zero-order valence-electron chi connectivity index (χ0n) is 14.1. The molecular formula is C20H20N2O3. The molecule has 0 saturated heterocycles. The van der Waals surface area contributed by atoms with Crippen molar-refractivity contribution in [1.29, 1.82) is 5.26 Å². The lowest BCUT2D eigenvalue weighted by atomic mass is 10.1. The first-order valence-corrected chi connectivity index (χ1v) is 7.86. The fraction of sp³-hybridized carbons (Fsp3) is 0.200. The third-order valence-electron chi connectivity index (χ3n) is 3.44. The van der Waals surface area contributed by atoms with E-state index in [4.69, 9.17) is 4.74 Å². The van der Waals surface area contributed by atoms with Crippen molar-refractivity contribution >= 4 is 5.97 Å². The molecule has 0 bridgehead atoms. The van der Waals surface area contributed by atoms with Crippen LogP contribution in [0.5, 0.6) is 5.75 Å². The zero-order valence-corrected chi connectivity index (χ0v) is 14.1. The molecule has 0 amide bonds. The van der Waals surface area contributed by atoms with Crippen molar-refractivity contribution in [3.63, 3.8) is 0 Å². The highest BCUT2D eigenvalue weighted by molar-refractivity contribution is 5.71. The van der Waals surface area contributed by atoms with Crippen LogP contribution >= 0.6 is 0 Å². The van der Waals surface area contributed by atoms with Crippen molar-refractivity contribution in [2.45, 2.75) is 13.0 Å². The molecule has 2 aromatic carbocycles. The van der Waals surface area contributed by atoms with Gasteiger partial charge in [0.2, 0.25) is 0 Å². The number of nitriles is 1. The minimum absolute atomic E-state index is 0.0297. The molecular weight excluding hydrogens is 316 g/mol. The van der Waals surface area contributed by atoms with Crippen molar-refractivity contribution in [3.8, 4) is 11.8 Å². The van der Waals surface area contributed by atoms with Crippen LogP contribution in [0, 0.1) is 11.3 Å². The molecule has 0 spiro atoms. The minimum atomic E-state index is -0.384. The van der Waals surface area contributed by atoms with E-state index in [1.165, 1.54) is 13.3 Å². The summed E-state index contributed by atoms with van der Waals surface area (Å²) in [6.07, 6.45) is 1.99. The Balaban J connectivity index is 1.94. The van der Waals surface area contributed by atoms with Crippen LogP contribution in [-0.4, -0.2) is 19.6 Å². The second-order valence-corrected chi connectivity index (χ2v) is 5.34. The summed E-state index contributed by atoms with van der Waals surface area (Å²) in [5.74, 6) is 0.367. The molecule has 0 aromatic heterocycles. The number of benzene rings is 2. The normalized spacial score (nSPS) is 10.6. The zero-order chi connectivity index (χ0) is 17.9. The van der Waals surface area contributed by atoms with E-state index < -0.39 is 0 Å². The second kappa shape index (κ2) is 9.78. The molecule has 0 heterocycles. The molecule has 0 fully saturated rings. The summed E-state index contributed by atoms with van der Waals surface area (Å²) in [6.45, 7) is 0.522. The van der Waals surface area contributed by atoms with Crippen LogP contribution in [0.15, 0.2) is 66.4 Å². The Morgan fingerprint density at radius 1 is 1.16 bits per heavy atom. The average molecular weight is 336 g/mol. The van der Waals surface area contributed by atoms with Crippen LogP contribution in [0.25, 0.3) is 0 Å². The lowest BCUT2D eigenvalue weighted by Gasteiger charge is -2.08. The van der Waals surface area contributed by atoms with E-state index in [9.17, 15) is 10.1 Å². The smallest absolute Gasteiger partial charge is 0.325 e. The van der Waals surface area contributed by atoms with Crippen LogP contribution in [-0.2, 0) is 22.6 Å². The van der Waals surface area contributed by atoms with E-state index in [1.807, 2.05) is 54.6 Å². The Labute approximate surface area is 147 Å². The van der Waals surface area contributed by atoms with Gasteiger partial charge in [-0.1, -0.05) is 42.5 Å². The van der Waals surface area contributed by atoms with Gasteiger partial charge in [0.05, 0.1) is 13.2 Å². The highest BCUT2D eigenvalue weighted by Crippen LogP contribution is 2.17. The largest absolute Gasteiger partial charge is 0.489 e. The average Bonchev–Trinajstić information content (AvgIpc) is 2.66. The van der Waals surface area contributed by atoms with Gasteiger partial charge in [0, 0.05) is 18.2 Å². The fourth-order valence-corrected chi connectivity index (χ4v) is 2.16. The van der Waals surface area contributed by atoms with Gasteiger partial charge in [0.25, 0.3) is 0 Å². The first-order chi connectivity index (χ1) is 12.2. The van der Waals surface area contributed by atoms with Gasteiger partial charge in [-0.25, -0.2) is 0 Å². The van der Waals surface area contributed by atoms with Gasteiger partial charge >= 0.3 is 5.97 Å². The van der Waals surface area contributed by atoms with E-state index in [-0.39, 0.29) is 12.5 Å². The molecule has 0 atom stereocenters. The molecule has 0 radical (unpaired) electrons. The Morgan fingerprint density at radius 3 is 2.64 bits per heavy atom. The van der Waals surface area contributed by atoms with E-state index >= 15 is 0 Å². The molecule has 0 unspecified atom stereocenters. The summed E-state index contributed by atoms with van der Waals surface area (Å²) in [7, 11) is 1.32. The monoisotopic (exact) mass is 336 g/mol. The quantitative estimate of drug-likeness (QED) is 0.593. The standard InChI is InChI=1S/C20H20N2O3/c1-24-20(23)14-22-13-18(12-21)10-17-8-5-9-19(11-17)25-15-16-6-3-2-4-7-16/h2-9,11,13,22H,10,14-15H2,1H3/b18-13-.